The van der Waals surface area contributed by atoms with Crippen LogP contribution >= 0.6 is 0 Å². The van der Waals surface area contributed by atoms with E-state index in [0.717, 1.165) is 5.56 Å². The van der Waals surface area contributed by atoms with Crippen LogP contribution in [0.5, 0.6) is 0 Å². The number of nitrogens with one attached hydrogen (secondary N) is 1. The third-order valence-electron chi connectivity index (χ3n) is 5.80. The molecule has 8 nitrogen and oxygen atoms in total. The van der Waals surface area contributed by atoms with Crippen LogP contribution in [0.2, 0.25) is 0 Å². The summed E-state index contributed by atoms with van der Waals surface area (Å²) in [6.45, 7) is 2.85. The molecule has 1 N–H and O–H groups in total. The van der Waals surface area contributed by atoms with Crippen LogP contribution in [0.1, 0.15) is 35.4 Å². The second-order valence-electron chi connectivity index (χ2n) is 7.62. The molecule has 29 heavy (non-hydrogen) atoms. The molecule has 2 aromatic rings. The molecule has 0 saturated carbocycles. The Morgan fingerprint density at radius 3 is 2.66 bits per heavy atom. The van der Waals surface area contributed by atoms with Gasteiger partial charge < -0.3 is 19.7 Å². The Morgan fingerprint density at radius 1 is 1.24 bits per heavy atom. The zero-order valence-corrected chi connectivity index (χ0v) is 16.6. The van der Waals surface area contributed by atoms with Crippen LogP contribution in [0, 0.1) is 5.92 Å². The van der Waals surface area contributed by atoms with Crippen LogP contribution in [0.25, 0.3) is 0 Å². The van der Waals surface area contributed by atoms with Gasteiger partial charge in [-0.05, 0) is 18.9 Å². The molecular weight excluding hydrogens is 370 g/mol. The predicted molar refractivity (Wildman–Crippen MR) is 106 cm³/mol. The maximum absolute atomic E-state index is 13.1. The zero-order chi connectivity index (χ0) is 20.5. The third-order valence-corrected chi connectivity index (χ3v) is 5.80. The molecule has 3 atom stereocenters. The Labute approximate surface area is 169 Å². The first-order valence-electron chi connectivity index (χ1n) is 9.90. The summed E-state index contributed by atoms with van der Waals surface area (Å²) in [6, 6.07) is 9.18. The summed E-state index contributed by atoms with van der Waals surface area (Å²) in [4.78, 5) is 46.2. The molecule has 2 aliphatic heterocycles. The molecule has 1 aromatic carbocycles. The standard InChI is InChI=1S/C21H25N5O3/c1-3-23-20(28)16-9-15-11-25(21(29)17-10-22-13-24(17)2)12-18(27)26(15)19(16)14-7-5-4-6-8-14/h4-8,10,13,15-16,19H,3,9,11-12H2,1-2H3,(H,23,28)/t15-,16-,19-/m1/s1. The Kier molecular flexibility index (Phi) is 5.08. The number of piperazine rings is 1. The van der Waals surface area contributed by atoms with E-state index in [1.165, 1.54) is 6.20 Å². The quantitative estimate of drug-likeness (QED) is 0.836. The van der Waals surface area contributed by atoms with Gasteiger partial charge in [0.25, 0.3) is 5.91 Å². The number of aryl methyl sites for hydroxylation is 1. The van der Waals surface area contributed by atoms with Gasteiger partial charge >= 0.3 is 0 Å². The molecule has 4 rings (SSSR count). The fourth-order valence-electron chi connectivity index (χ4n) is 4.52. The summed E-state index contributed by atoms with van der Waals surface area (Å²) in [7, 11) is 1.75. The van der Waals surface area contributed by atoms with E-state index < -0.39 is 0 Å². The van der Waals surface area contributed by atoms with Crippen LogP contribution in [0.4, 0.5) is 0 Å². The van der Waals surface area contributed by atoms with Gasteiger partial charge in [0.1, 0.15) is 12.2 Å². The lowest BCUT2D eigenvalue weighted by Gasteiger charge is -2.40. The number of imidazole rings is 1. The summed E-state index contributed by atoms with van der Waals surface area (Å²) in [5, 5.41) is 2.91. The lowest BCUT2D eigenvalue weighted by Crippen LogP contribution is -2.56. The third kappa shape index (κ3) is 3.39. The van der Waals surface area contributed by atoms with Crippen molar-refractivity contribution < 1.29 is 14.4 Å². The van der Waals surface area contributed by atoms with Gasteiger partial charge in [-0.25, -0.2) is 4.98 Å². The number of amides is 3. The van der Waals surface area contributed by atoms with Crippen LogP contribution in [0.3, 0.4) is 0 Å². The van der Waals surface area contributed by atoms with Crippen molar-refractivity contribution in [3.05, 3.63) is 54.1 Å². The van der Waals surface area contributed by atoms with Gasteiger partial charge in [0.15, 0.2) is 0 Å². The van der Waals surface area contributed by atoms with Crippen molar-refractivity contribution in [2.45, 2.75) is 25.4 Å². The Hall–Kier alpha value is -3.16. The monoisotopic (exact) mass is 395 g/mol. The predicted octanol–water partition coefficient (Wildman–Crippen LogP) is 0.970. The highest BCUT2D eigenvalue weighted by Gasteiger charge is 2.50. The van der Waals surface area contributed by atoms with E-state index in [4.69, 9.17) is 0 Å². The molecule has 8 heteroatoms. The Balaban J connectivity index is 1.63. The summed E-state index contributed by atoms with van der Waals surface area (Å²) >= 11 is 0. The van der Waals surface area contributed by atoms with Crippen molar-refractivity contribution in [3.63, 3.8) is 0 Å². The van der Waals surface area contributed by atoms with Crippen LogP contribution in [-0.4, -0.2) is 62.7 Å². The van der Waals surface area contributed by atoms with Crippen molar-refractivity contribution >= 4 is 17.7 Å². The van der Waals surface area contributed by atoms with Gasteiger partial charge in [-0.2, -0.15) is 0 Å². The molecule has 3 amide bonds. The molecule has 0 spiro atoms. The first kappa shape index (κ1) is 19.2. The molecule has 2 saturated heterocycles. The first-order chi connectivity index (χ1) is 14.0. The highest BCUT2D eigenvalue weighted by molar-refractivity contribution is 5.96. The number of hydrogen-bond donors (Lipinski definition) is 1. The summed E-state index contributed by atoms with van der Waals surface area (Å²) in [5.74, 6) is -0.723. The molecule has 2 aliphatic rings. The molecule has 1 aromatic heterocycles. The summed E-state index contributed by atoms with van der Waals surface area (Å²) < 4.78 is 1.65. The van der Waals surface area contributed by atoms with Crippen molar-refractivity contribution in [1.29, 1.82) is 0 Å². The number of rotatable bonds is 4. The molecular formula is C21H25N5O3. The minimum atomic E-state index is -0.335. The largest absolute Gasteiger partial charge is 0.356 e. The van der Waals surface area contributed by atoms with Gasteiger partial charge in [-0.15, -0.1) is 0 Å². The Morgan fingerprint density at radius 2 is 2.00 bits per heavy atom. The normalized spacial score (nSPS) is 23.8. The lowest BCUT2D eigenvalue weighted by molar-refractivity contribution is -0.139. The first-order valence-corrected chi connectivity index (χ1v) is 9.90. The number of aromatic nitrogens is 2. The van der Waals surface area contributed by atoms with E-state index in [2.05, 4.69) is 10.3 Å². The number of benzene rings is 1. The van der Waals surface area contributed by atoms with E-state index >= 15 is 0 Å². The molecule has 3 heterocycles. The van der Waals surface area contributed by atoms with Gasteiger partial charge in [0.2, 0.25) is 11.8 Å². The summed E-state index contributed by atoms with van der Waals surface area (Å²) in [5.41, 5.74) is 1.40. The average molecular weight is 395 g/mol. The number of fused-ring (bicyclic) bond motifs is 1. The van der Waals surface area contributed by atoms with Crippen molar-refractivity contribution in [3.8, 4) is 0 Å². The van der Waals surface area contributed by atoms with Gasteiger partial charge in [-0.3, -0.25) is 14.4 Å². The van der Waals surface area contributed by atoms with Gasteiger partial charge in [-0.1, -0.05) is 30.3 Å². The van der Waals surface area contributed by atoms with E-state index in [-0.39, 0.29) is 42.3 Å². The number of nitrogens with zero attached hydrogens (tertiary/aromatic N) is 4. The van der Waals surface area contributed by atoms with Crippen LogP contribution in [-0.2, 0) is 16.6 Å². The number of hydrogen-bond acceptors (Lipinski definition) is 4. The van der Waals surface area contributed by atoms with E-state index in [0.29, 0.717) is 25.2 Å². The minimum absolute atomic E-state index is 0.00592. The van der Waals surface area contributed by atoms with Crippen molar-refractivity contribution in [2.75, 3.05) is 19.6 Å². The van der Waals surface area contributed by atoms with E-state index in [1.54, 1.807) is 22.8 Å². The highest BCUT2D eigenvalue weighted by atomic mass is 16.2. The van der Waals surface area contributed by atoms with Gasteiger partial charge in [0, 0.05) is 20.1 Å². The molecule has 0 radical (unpaired) electrons. The maximum Gasteiger partial charge on any atom is 0.272 e. The molecule has 152 valence electrons. The minimum Gasteiger partial charge on any atom is -0.356 e. The zero-order valence-electron chi connectivity index (χ0n) is 16.6. The molecule has 0 unspecified atom stereocenters. The summed E-state index contributed by atoms with van der Waals surface area (Å²) in [6.07, 6.45) is 3.61. The SMILES string of the molecule is CCNC(=O)[C@@H]1C[C@@H]2CN(C(=O)c3cncn3C)CC(=O)N2[C@@H]1c1ccccc1. The van der Waals surface area contributed by atoms with E-state index in [9.17, 15) is 14.4 Å². The van der Waals surface area contributed by atoms with Crippen LogP contribution in [0.15, 0.2) is 42.9 Å². The molecule has 0 bridgehead atoms. The average Bonchev–Trinajstić information content (AvgIpc) is 3.32. The highest BCUT2D eigenvalue weighted by Crippen LogP contribution is 2.43. The smallest absolute Gasteiger partial charge is 0.272 e. The van der Waals surface area contributed by atoms with Crippen molar-refractivity contribution in [1.82, 2.24) is 24.7 Å². The molecule has 2 fully saturated rings. The van der Waals surface area contributed by atoms with Crippen LogP contribution < -0.4 is 5.32 Å². The molecule has 0 aliphatic carbocycles. The second-order valence-corrected chi connectivity index (χ2v) is 7.62. The second kappa shape index (κ2) is 7.69. The fraction of sp³-hybridized carbons (Fsp3) is 0.429. The Bertz CT molecular complexity index is 925. The fourth-order valence-corrected chi connectivity index (χ4v) is 4.52. The maximum atomic E-state index is 13.1. The van der Waals surface area contributed by atoms with Crippen molar-refractivity contribution in [2.24, 2.45) is 13.0 Å². The van der Waals surface area contributed by atoms with E-state index in [1.807, 2.05) is 42.2 Å². The topological polar surface area (TPSA) is 87.5 Å². The lowest BCUT2D eigenvalue weighted by atomic mass is 9.92. The number of carbonyl (C=O) groups excluding carboxylic acids is 3. The number of carbonyl (C=O) groups is 3. The van der Waals surface area contributed by atoms with Gasteiger partial charge in [0.05, 0.1) is 30.5 Å².